The third kappa shape index (κ3) is 4.13. The molecule has 6 atom stereocenters. The van der Waals surface area contributed by atoms with Crippen LogP contribution in [-0.4, -0.2) is 35.9 Å². The standard InChI is InChI=1S/C22H32O5/c1-13-8-6-10-14(2)19-20-17(15(3)21(24)26-20)12-18(25-19)22(5,11-7-9-13)27-16(4)23/h9,14,17-20H,3,6-8,10-12H2,1-2,4-5H3/b13-9+/t14-,17+,18-,19+,20-,22-/m1/s1. The molecular weight excluding hydrogens is 344 g/mol. The Labute approximate surface area is 162 Å². The highest BCUT2D eigenvalue weighted by Crippen LogP contribution is 2.45. The molecule has 2 bridgehead atoms. The first-order valence-electron chi connectivity index (χ1n) is 10.1. The molecule has 150 valence electrons. The molecule has 0 radical (unpaired) electrons. The Morgan fingerprint density at radius 2 is 2.11 bits per heavy atom. The number of esters is 2. The number of fused-ring (bicyclic) bond motifs is 4. The molecule has 2 saturated heterocycles. The van der Waals surface area contributed by atoms with Gasteiger partial charge in [0.15, 0.2) is 0 Å². The van der Waals surface area contributed by atoms with E-state index < -0.39 is 5.60 Å². The maximum absolute atomic E-state index is 12.2. The summed E-state index contributed by atoms with van der Waals surface area (Å²) in [4.78, 5) is 24.0. The Kier molecular flexibility index (Phi) is 5.80. The van der Waals surface area contributed by atoms with E-state index in [1.165, 1.54) is 12.5 Å². The number of carbonyl (C=O) groups is 2. The molecule has 0 aliphatic carbocycles. The predicted molar refractivity (Wildman–Crippen MR) is 102 cm³/mol. The molecular formula is C22H32O5. The highest BCUT2D eigenvalue weighted by Gasteiger charge is 2.54. The van der Waals surface area contributed by atoms with Crippen molar-refractivity contribution in [3.8, 4) is 0 Å². The van der Waals surface area contributed by atoms with Crippen LogP contribution in [-0.2, 0) is 23.8 Å². The molecule has 0 unspecified atom stereocenters. The topological polar surface area (TPSA) is 61.8 Å². The van der Waals surface area contributed by atoms with Gasteiger partial charge in [-0.05, 0) is 58.3 Å². The summed E-state index contributed by atoms with van der Waals surface area (Å²) in [6, 6.07) is 0. The highest BCUT2D eigenvalue weighted by atomic mass is 16.6. The second-order valence-corrected chi connectivity index (χ2v) is 8.69. The second kappa shape index (κ2) is 7.78. The molecule has 0 amide bonds. The second-order valence-electron chi connectivity index (χ2n) is 8.69. The van der Waals surface area contributed by atoms with E-state index in [0.717, 1.165) is 25.7 Å². The van der Waals surface area contributed by atoms with Crippen LogP contribution in [0.5, 0.6) is 0 Å². The number of carbonyl (C=O) groups excluding carboxylic acids is 2. The summed E-state index contributed by atoms with van der Waals surface area (Å²) in [5.74, 6) is -0.452. The quantitative estimate of drug-likeness (QED) is 0.391. The molecule has 0 spiro atoms. The van der Waals surface area contributed by atoms with Gasteiger partial charge in [0, 0.05) is 18.4 Å². The first-order chi connectivity index (χ1) is 12.7. The van der Waals surface area contributed by atoms with Gasteiger partial charge in [0.2, 0.25) is 0 Å². The van der Waals surface area contributed by atoms with Gasteiger partial charge in [0.1, 0.15) is 11.7 Å². The zero-order valence-electron chi connectivity index (χ0n) is 17.0. The number of ether oxygens (including phenoxy) is 3. The summed E-state index contributed by atoms with van der Waals surface area (Å²) in [5, 5.41) is 0. The Morgan fingerprint density at radius 1 is 1.37 bits per heavy atom. The molecule has 3 aliphatic heterocycles. The lowest BCUT2D eigenvalue weighted by molar-refractivity contribution is -0.220. The summed E-state index contributed by atoms with van der Waals surface area (Å²) in [6.07, 6.45) is 6.73. The number of hydrogen-bond acceptors (Lipinski definition) is 5. The van der Waals surface area contributed by atoms with Gasteiger partial charge in [0.05, 0.1) is 12.2 Å². The molecule has 3 heterocycles. The van der Waals surface area contributed by atoms with E-state index in [1.54, 1.807) is 0 Å². The zero-order valence-corrected chi connectivity index (χ0v) is 17.0. The minimum Gasteiger partial charge on any atom is -0.457 e. The zero-order chi connectivity index (χ0) is 19.8. The fourth-order valence-corrected chi connectivity index (χ4v) is 4.79. The number of rotatable bonds is 1. The fourth-order valence-electron chi connectivity index (χ4n) is 4.79. The summed E-state index contributed by atoms with van der Waals surface area (Å²) < 4.78 is 18.0. The van der Waals surface area contributed by atoms with Gasteiger partial charge in [-0.2, -0.15) is 0 Å². The first-order valence-corrected chi connectivity index (χ1v) is 10.1. The summed E-state index contributed by atoms with van der Waals surface area (Å²) in [6.45, 7) is 11.7. The lowest BCUT2D eigenvalue weighted by Crippen LogP contribution is -2.55. The smallest absolute Gasteiger partial charge is 0.334 e. The molecule has 3 rings (SSSR count). The van der Waals surface area contributed by atoms with Crippen LogP contribution in [0.4, 0.5) is 0 Å². The van der Waals surface area contributed by atoms with Crippen LogP contribution in [0.2, 0.25) is 0 Å². The van der Waals surface area contributed by atoms with Crippen molar-refractivity contribution in [1.82, 2.24) is 0 Å². The predicted octanol–water partition coefficient (Wildman–Crippen LogP) is 4.11. The molecule has 2 fully saturated rings. The van der Waals surface area contributed by atoms with Crippen LogP contribution in [0, 0.1) is 11.8 Å². The minimum absolute atomic E-state index is 0.0706. The van der Waals surface area contributed by atoms with Crippen molar-refractivity contribution in [3.05, 3.63) is 23.8 Å². The SMILES string of the molecule is C=C1C(=O)O[C@H]2[C@H]3O[C@H](C[C@@H]12)[C@](C)(OC(C)=O)CC/C=C(\C)CCC[C@H]3C. The van der Waals surface area contributed by atoms with Crippen molar-refractivity contribution >= 4 is 11.9 Å². The molecule has 0 saturated carbocycles. The summed E-state index contributed by atoms with van der Waals surface area (Å²) in [7, 11) is 0. The van der Waals surface area contributed by atoms with E-state index in [9.17, 15) is 9.59 Å². The van der Waals surface area contributed by atoms with Gasteiger partial charge in [-0.1, -0.05) is 25.2 Å². The third-order valence-corrected chi connectivity index (χ3v) is 6.45. The highest BCUT2D eigenvalue weighted by molar-refractivity contribution is 5.91. The molecule has 0 aromatic heterocycles. The van der Waals surface area contributed by atoms with Crippen molar-refractivity contribution in [1.29, 1.82) is 0 Å². The van der Waals surface area contributed by atoms with Crippen LogP contribution < -0.4 is 0 Å². The average molecular weight is 376 g/mol. The molecule has 0 aromatic carbocycles. The minimum atomic E-state index is -0.739. The van der Waals surface area contributed by atoms with Crippen molar-refractivity contribution in [2.24, 2.45) is 11.8 Å². The Hall–Kier alpha value is -1.62. The van der Waals surface area contributed by atoms with Crippen LogP contribution in [0.15, 0.2) is 23.8 Å². The van der Waals surface area contributed by atoms with Crippen molar-refractivity contribution in [2.75, 3.05) is 0 Å². The lowest BCUT2D eigenvalue weighted by atomic mass is 9.76. The normalized spacial score (nSPS) is 42.1. The van der Waals surface area contributed by atoms with Crippen LogP contribution in [0.25, 0.3) is 0 Å². The van der Waals surface area contributed by atoms with Crippen molar-refractivity contribution in [3.63, 3.8) is 0 Å². The maximum Gasteiger partial charge on any atom is 0.334 e. The summed E-state index contributed by atoms with van der Waals surface area (Å²) in [5.41, 5.74) is 1.16. The molecule has 27 heavy (non-hydrogen) atoms. The lowest BCUT2D eigenvalue weighted by Gasteiger charge is -2.46. The van der Waals surface area contributed by atoms with E-state index in [4.69, 9.17) is 14.2 Å². The first kappa shape index (κ1) is 20.1. The molecule has 0 N–H and O–H groups in total. The van der Waals surface area contributed by atoms with Gasteiger partial charge >= 0.3 is 11.9 Å². The van der Waals surface area contributed by atoms with E-state index in [-0.39, 0.29) is 42.1 Å². The van der Waals surface area contributed by atoms with Crippen LogP contribution >= 0.6 is 0 Å². The third-order valence-electron chi connectivity index (χ3n) is 6.45. The van der Waals surface area contributed by atoms with E-state index >= 15 is 0 Å². The molecule has 5 nitrogen and oxygen atoms in total. The van der Waals surface area contributed by atoms with E-state index in [0.29, 0.717) is 18.4 Å². The number of hydrogen-bond donors (Lipinski definition) is 0. The average Bonchev–Trinajstić information content (AvgIpc) is 2.87. The fraction of sp³-hybridized carbons (Fsp3) is 0.727. The van der Waals surface area contributed by atoms with Crippen LogP contribution in [0.1, 0.15) is 66.2 Å². The van der Waals surface area contributed by atoms with Crippen LogP contribution in [0.3, 0.4) is 0 Å². The number of allylic oxidation sites excluding steroid dienone is 2. The maximum atomic E-state index is 12.2. The van der Waals surface area contributed by atoms with Gasteiger partial charge in [-0.25, -0.2) is 4.79 Å². The summed E-state index contributed by atoms with van der Waals surface area (Å²) >= 11 is 0. The van der Waals surface area contributed by atoms with Crippen molar-refractivity contribution < 1.29 is 23.8 Å². The Balaban J connectivity index is 1.96. The van der Waals surface area contributed by atoms with E-state index in [1.807, 2.05) is 6.92 Å². The molecule has 0 aromatic rings. The van der Waals surface area contributed by atoms with Gasteiger partial charge in [-0.3, -0.25) is 4.79 Å². The van der Waals surface area contributed by atoms with Gasteiger partial charge in [-0.15, -0.1) is 0 Å². The van der Waals surface area contributed by atoms with E-state index in [2.05, 4.69) is 26.5 Å². The Morgan fingerprint density at radius 3 is 2.81 bits per heavy atom. The molecule has 3 aliphatic rings. The van der Waals surface area contributed by atoms with Gasteiger partial charge in [0.25, 0.3) is 0 Å². The largest absolute Gasteiger partial charge is 0.457 e. The van der Waals surface area contributed by atoms with Gasteiger partial charge < -0.3 is 14.2 Å². The molecule has 5 heteroatoms. The Bertz CT molecular complexity index is 651. The van der Waals surface area contributed by atoms with Crippen molar-refractivity contribution in [2.45, 2.75) is 90.1 Å². The monoisotopic (exact) mass is 376 g/mol.